The van der Waals surface area contributed by atoms with Crippen molar-refractivity contribution in [3.63, 3.8) is 0 Å². The van der Waals surface area contributed by atoms with Gasteiger partial charge in [-0.05, 0) is 49.9 Å². The number of aliphatic hydroxyl groups is 1. The highest BCUT2D eigenvalue weighted by molar-refractivity contribution is 5.77. The number of carboxylic acid groups (broad SMARTS) is 1. The van der Waals surface area contributed by atoms with Crippen LogP contribution in [0.25, 0.3) is 0 Å². The Morgan fingerprint density at radius 1 is 1.04 bits per heavy atom. The van der Waals surface area contributed by atoms with Crippen molar-refractivity contribution in [1.29, 1.82) is 0 Å². The lowest BCUT2D eigenvalue weighted by Crippen LogP contribution is -2.46. The number of carboxylic acids is 1. The third-order valence-corrected chi connectivity index (χ3v) is 6.12. The molecule has 3 N–H and O–H groups in total. The molecule has 6 nitrogen and oxygen atoms in total. The summed E-state index contributed by atoms with van der Waals surface area (Å²) in [5.41, 5.74) is -0.924. The highest BCUT2D eigenvalue weighted by atomic mass is 16.5. The van der Waals surface area contributed by atoms with E-state index >= 15 is 0 Å². The van der Waals surface area contributed by atoms with E-state index in [2.05, 4.69) is 26.1 Å². The van der Waals surface area contributed by atoms with Gasteiger partial charge in [0, 0.05) is 12.6 Å². The fraction of sp³-hybridized carbons (Fsp3) is 0.909. The smallest absolute Gasteiger partial charge is 0.312 e. The van der Waals surface area contributed by atoms with Crippen LogP contribution in [0, 0.1) is 22.2 Å². The summed E-state index contributed by atoms with van der Waals surface area (Å²) in [6.45, 7) is 14.7. The number of aliphatic hydroxyl groups excluding tert-OH is 1. The highest BCUT2D eigenvalue weighted by Gasteiger charge is 2.47. The molecule has 0 bridgehead atoms. The summed E-state index contributed by atoms with van der Waals surface area (Å²) in [6.07, 6.45) is 2.82. The van der Waals surface area contributed by atoms with Crippen LogP contribution in [-0.2, 0) is 14.3 Å². The molecular formula is C22H41NO5. The first-order valence-corrected chi connectivity index (χ1v) is 10.5. The van der Waals surface area contributed by atoms with Crippen LogP contribution in [0.2, 0.25) is 0 Å². The Bertz CT molecular complexity index is 526. The maximum atomic E-state index is 12.9. The molecule has 1 saturated carbocycles. The van der Waals surface area contributed by atoms with Crippen LogP contribution < -0.4 is 5.32 Å². The van der Waals surface area contributed by atoms with Crippen molar-refractivity contribution in [1.82, 2.24) is 5.32 Å². The molecule has 1 aliphatic rings. The number of esters is 1. The monoisotopic (exact) mass is 399 g/mol. The van der Waals surface area contributed by atoms with Gasteiger partial charge in [-0.2, -0.15) is 0 Å². The predicted molar refractivity (Wildman–Crippen MR) is 110 cm³/mol. The van der Waals surface area contributed by atoms with Gasteiger partial charge in [-0.25, -0.2) is 0 Å². The molecule has 0 aliphatic heterocycles. The van der Waals surface area contributed by atoms with E-state index in [-0.39, 0.29) is 35.4 Å². The second-order valence-corrected chi connectivity index (χ2v) is 10.9. The van der Waals surface area contributed by atoms with Gasteiger partial charge in [0.2, 0.25) is 0 Å². The molecule has 1 rings (SSSR count). The summed E-state index contributed by atoms with van der Waals surface area (Å²) in [5.74, 6) is -1.24. The molecule has 1 fully saturated rings. The van der Waals surface area contributed by atoms with Crippen molar-refractivity contribution in [3.8, 4) is 0 Å². The topological polar surface area (TPSA) is 95.9 Å². The minimum Gasteiger partial charge on any atom is -0.481 e. The third-order valence-electron chi connectivity index (χ3n) is 6.12. The molecule has 0 aromatic carbocycles. The number of rotatable bonds is 8. The van der Waals surface area contributed by atoms with Gasteiger partial charge in [0.25, 0.3) is 0 Å². The minimum absolute atomic E-state index is 0.0178. The molecule has 0 aromatic heterocycles. The van der Waals surface area contributed by atoms with E-state index in [1.54, 1.807) is 0 Å². The Morgan fingerprint density at radius 3 is 2.00 bits per heavy atom. The standard InChI is InChI=1S/C22H41NO5/c1-20(2,3)14-22(7,21(4,5)6)19(27)28-13-17(24)12-23-16-10-8-15(9-11-16)18(25)26/h15-17,23-24H,8-14H2,1-7H3,(H,25,26). The normalized spacial score (nSPS) is 24.3. The van der Waals surface area contributed by atoms with E-state index in [9.17, 15) is 14.7 Å². The number of hydrogen-bond acceptors (Lipinski definition) is 5. The van der Waals surface area contributed by atoms with Crippen LogP contribution in [-0.4, -0.2) is 47.4 Å². The van der Waals surface area contributed by atoms with E-state index in [1.807, 2.05) is 27.7 Å². The summed E-state index contributed by atoms with van der Waals surface area (Å²) in [7, 11) is 0. The van der Waals surface area contributed by atoms with Crippen molar-refractivity contribution < 1.29 is 24.5 Å². The van der Waals surface area contributed by atoms with Crippen LogP contribution in [0.5, 0.6) is 0 Å². The number of nitrogens with one attached hydrogen (secondary N) is 1. The van der Waals surface area contributed by atoms with Crippen molar-refractivity contribution in [3.05, 3.63) is 0 Å². The van der Waals surface area contributed by atoms with Gasteiger partial charge in [-0.1, -0.05) is 41.5 Å². The van der Waals surface area contributed by atoms with Crippen molar-refractivity contribution >= 4 is 11.9 Å². The first-order chi connectivity index (χ1) is 12.7. The van der Waals surface area contributed by atoms with Crippen molar-refractivity contribution in [2.24, 2.45) is 22.2 Å². The molecule has 0 spiro atoms. The van der Waals surface area contributed by atoms with E-state index in [4.69, 9.17) is 9.84 Å². The third kappa shape index (κ3) is 7.36. The van der Waals surface area contributed by atoms with E-state index in [0.29, 0.717) is 25.8 Å². The molecule has 164 valence electrons. The Balaban J connectivity index is 2.49. The Labute approximate surface area is 170 Å². The van der Waals surface area contributed by atoms with E-state index in [1.165, 1.54) is 0 Å². The molecule has 0 amide bonds. The maximum absolute atomic E-state index is 12.9. The first kappa shape index (κ1) is 24.9. The molecule has 0 heterocycles. The molecule has 6 heteroatoms. The lowest BCUT2D eigenvalue weighted by molar-refractivity contribution is -0.167. The molecule has 2 atom stereocenters. The summed E-state index contributed by atoms with van der Waals surface area (Å²) in [4.78, 5) is 23.9. The highest BCUT2D eigenvalue weighted by Crippen LogP contribution is 2.47. The molecule has 28 heavy (non-hydrogen) atoms. The summed E-state index contributed by atoms with van der Waals surface area (Å²) in [5, 5.41) is 22.6. The summed E-state index contributed by atoms with van der Waals surface area (Å²) in [6, 6.07) is 0.210. The first-order valence-electron chi connectivity index (χ1n) is 10.5. The number of ether oxygens (including phenoxy) is 1. The van der Waals surface area contributed by atoms with Gasteiger partial charge >= 0.3 is 11.9 Å². The zero-order valence-electron chi connectivity index (χ0n) is 18.8. The fourth-order valence-corrected chi connectivity index (χ4v) is 3.94. The molecule has 0 radical (unpaired) electrons. The van der Waals surface area contributed by atoms with Gasteiger partial charge in [0.15, 0.2) is 0 Å². The van der Waals surface area contributed by atoms with Gasteiger partial charge in [-0.15, -0.1) is 0 Å². The molecule has 0 saturated heterocycles. The SMILES string of the molecule is CC(C)(C)CC(C)(C(=O)OCC(O)CNC1CCC(C(=O)O)CC1)C(C)(C)C. The van der Waals surface area contributed by atoms with Crippen molar-refractivity contribution in [2.75, 3.05) is 13.2 Å². The minimum atomic E-state index is -0.778. The largest absolute Gasteiger partial charge is 0.481 e. The van der Waals surface area contributed by atoms with Crippen LogP contribution in [0.15, 0.2) is 0 Å². The van der Waals surface area contributed by atoms with E-state index < -0.39 is 17.5 Å². The van der Waals surface area contributed by atoms with Gasteiger partial charge in [0.1, 0.15) is 12.7 Å². The number of aliphatic carboxylic acids is 1. The molecule has 0 aromatic rings. The Hall–Kier alpha value is -1.14. The quantitative estimate of drug-likeness (QED) is 0.540. The summed E-state index contributed by atoms with van der Waals surface area (Å²) >= 11 is 0. The predicted octanol–water partition coefficient (Wildman–Crippen LogP) is 3.61. The fourth-order valence-electron chi connectivity index (χ4n) is 3.94. The average Bonchev–Trinajstić information content (AvgIpc) is 2.55. The zero-order chi connectivity index (χ0) is 21.8. The van der Waals surface area contributed by atoms with E-state index in [0.717, 1.165) is 12.8 Å². The molecular weight excluding hydrogens is 358 g/mol. The zero-order valence-corrected chi connectivity index (χ0v) is 18.8. The van der Waals surface area contributed by atoms with Crippen LogP contribution in [0.4, 0.5) is 0 Å². The van der Waals surface area contributed by atoms with Crippen molar-refractivity contribution in [2.45, 2.75) is 92.7 Å². The number of hydrogen-bond donors (Lipinski definition) is 3. The molecule has 1 aliphatic carbocycles. The molecule has 2 unspecified atom stereocenters. The number of carbonyl (C=O) groups is 2. The van der Waals surface area contributed by atoms with Gasteiger partial charge < -0.3 is 20.3 Å². The van der Waals surface area contributed by atoms with Gasteiger partial charge in [-0.3, -0.25) is 9.59 Å². The summed E-state index contributed by atoms with van der Waals surface area (Å²) < 4.78 is 5.52. The lowest BCUT2D eigenvalue weighted by atomic mass is 9.61. The maximum Gasteiger partial charge on any atom is 0.312 e. The Kier molecular flexibility index (Phi) is 8.51. The second kappa shape index (κ2) is 9.57. The second-order valence-electron chi connectivity index (χ2n) is 10.9. The van der Waals surface area contributed by atoms with Gasteiger partial charge in [0.05, 0.1) is 11.3 Å². The van der Waals surface area contributed by atoms with Crippen LogP contribution >= 0.6 is 0 Å². The average molecular weight is 400 g/mol. The lowest BCUT2D eigenvalue weighted by Gasteiger charge is -2.43. The van der Waals surface area contributed by atoms with Crippen LogP contribution in [0.3, 0.4) is 0 Å². The Morgan fingerprint density at radius 2 is 1.57 bits per heavy atom. The van der Waals surface area contributed by atoms with Crippen LogP contribution in [0.1, 0.15) is 80.6 Å². The number of carbonyl (C=O) groups excluding carboxylic acids is 1.